The van der Waals surface area contributed by atoms with Gasteiger partial charge in [-0.3, -0.25) is 0 Å². The zero-order chi connectivity index (χ0) is 18.1. The maximum atomic E-state index is 13.2. The van der Waals surface area contributed by atoms with Gasteiger partial charge in [0.1, 0.15) is 11.6 Å². The Balaban J connectivity index is 1.82. The van der Waals surface area contributed by atoms with Crippen molar-refractivity contribution in [3.63, 3.8) is 0 Å². The van der Waals surface area contributed by atoms with Crippen molar-refractivity contribution in [2.45, 2.75) is 0 Å². The number of halogens is 1. The molecule has 0 atom stereocenters. The highest BCUT2D eigenvalue weighted by Crippen LogP contribution is 2.26. The van der Waals surface area contributed by atoms with Gasteiger partial charge in [-0.25, -0.2) is 9.49 Å². The van der Waals surface area contributed by atoms with E-state index < -0.39 is 0 Å². The number of nitrogens with one attached hydrogen (secondary N) is 1. The van der Waals surface area contributed by atoms with Gasteiger partial charge in [0.15, 0.2) is 5.82 Å². The second kappa shape index (κ2) is 6.53. The van der Waals surface area contributed by atoms with E-state index in [0.717, 1.165) is 10.8 Å². The molecule has 1 aromatic heterocycles. The lowest BCUT2D eigenvalue weighted by molar-refractivity contribution is 0.475. The molecule has 7 heteroatoms. The van der Waals surface area contributed by atoms with Crippen molar-refractivity contribution in [3.05, 3.63) is 76.8 Å². The van der Waals surface area contributed by atoms with Crippen LogP contribution in [0.15, 0.2) is 65.8 Å². The number of phenolic OH excluding ortho intramolecular Hbond substituents is 1. The topological polar surface area (TPSA) is 66.2 Å². The van der Waals surface area contributed by atoms with Crippen molar-refractivity contribution in [1.82, 2.24) is 14.9 Å². The van der Waals surface area contributed by atoms with Crippen molar-refractivity contribution < 1.29 is 9.50 Å². The van der Waals surface area contributed by atoms with Crippen LogP contribution in [-0.2, 0) is 0 Å². The Labute approximate surface area is 153 Å². The number of H-pyrrole nitrogens is 1. The van der Waals surface area contributed by atoms with E-state index in [1.807, 2.05) is 30.3 Å². The number of fused-ring (bicyclic) bond motifs is 1. The van der Waals surface area contributed by atoms with Crippen molar-refractivity contribution in [1.29, 1.82) is 0 Å². The quantitative estimate of drug-likeness (QED) is 0.416. The number of nitrogens with zero attached hydrogens (tertiary/aromatic N) is 3. The third-order valence-electron chi connectivity index (χ3n) is 4.00. The molecule has 5 nitrogen and oxygen atoms in total. The van der Waals surface area contributed by atoms with E-state index in [1.54, 1.807) is 18.2 Å². The van der Waals surface area contributed by atoms with Crippen LogP contribution in [0.5, 0.6) is 5.75 Å². The van der Waals surface area contributed by atoms with Crippen molar-refractivity contribution >= 4 is 29.2 Å². The molecule has 0 unspecified atom stereocenters. The SMILES string of the molecule is Oc1ccc2ccccc2c1C=Nn1c(-c2ccc(F)cc2)n[nH]c1=S. The first-order valence-corrected chi connectivity index (χ1v) is 8.23. The van der Waals surface area contributed by atoms with Gasteiger partial charge in [-0.15, -0.1) is 0 Å². The number of aromatic amines is 1. The van der Waals surface area contributed by atoms with Gasteiger partial charge in [0, 0.05) is 11.1 Å². The van der Waals surface area contributed by atoms with Crippen LogP contribution in [0.1, 0.15) is 5.56 Å². The van der Waals surface area contributed by atoms with E-state index in [0.29, 0.717) is 21.7 Å². The van der Waals surface area contributed by atoms with Crippen molar-refractivity contribution in [3.8, 4) is 17.1 Å². The largest absolute Gasteiger partial charge is 0.507 e. The molecule has 128 valence electrons. The maximum absolute atomic E-state index is 13.2. The summed E-state index contributed by atoms with van der Waals surface area (Å²) in [5.74, 6) is 0.232. The lowest BCUT2D eigenvalue weighted by Gasteiger charge is -2.05. The number of aromatic nitrogens is 3. The normalized spacial score (nSPS) is 11.4. The zero-order valence-electron chi connectivity index (χ0n) is 13.4. The summed E-state index contributed by atoms with van der Waals surface area (Å²) < 4.78 is 14.9. The van der Waals surface area contributed by atoms with Crippen LogP contribution in [0.25, 0.3) is 22.2 Å². The number of aromatic hydroxyl groups is 1. The van der Waals surface area contributed by atoms with Crippen LogP contribution >= 0.6 is 12.2 Å². The minimum absolute atomic E-state index is 0.116. The number of rotatable bonds is 3. The van der Waals surface area contributed by atoms with Gasteiger partial charge >= 0.3 is 0 Å². The van der Waals surface area contributed by atoms with E-state index in [9.17, 15) is 9.50 Å². The molecule has 26 heavy (non-hydrogen) atoms. The molecule has 4 rings (SSSR count). The van der Waals surface area contributed by atoms with Crippen LogP contribution in [0, 0.1) is 10.6 Å². The fraction of sp³-hybridized carbons (Fsp3) is 0. The Morgan fingerprint density at radius 1 is 1.08 bits per heavy atom. The standard InChI is InChI=1S/C19H13FN4OS/c20-14-8-5-13(6-9-14)18-22-23-19(26)24(18)21-11-16-15-4-2-1-3-12(15)7-10-17(16)25/h1-11,25H,(H,23,26). The third kappa shape index (κ3) is 2.89. The minimum atomic E-state index is -0.335. The molecule has 0 aliphatic carbocycles. The van der Waals surface area contributed by atoms with Crippen LogP contribution in [0.2, 0.25) is 0 Å². The lowest BCUT2D eigenvalue weighted by Crippen LogP contribution is -1.96. The van der Waals surface area contributed by atoms with Gasteiger partial charge in [0.05, 0.1) is 6.21 Å². The van der Waals surface area contributed by atoms with E-state index in [2.05, 4.69) is 15.3 Å². The first-order valence-electron chi connectivity index (χ1n) is 7.82. The highest BCUT2D eigenvalue weighted by atomic mass is 32.1. The van der Waals surface area contributed by atoms with Crippen LogP contribution in [0.4, 0.5) is 4.39 Å². The number of hydrogen-bond donors (Lipinski definition) is 2. The molecule has 1 heterocycles. The third-order valence-corrected chi connectivity index (χ3v) is 4.27. The molecule has 0 saturated carbocycles. The summed E-state index contributed by atoms with van der Waals surface area (Å²) in [5.41, 5.74) is 1.24. The average Bonchev–Trinajstić information content (AvgIpc) is 3.02. The van der Waals surface area contributed by atoms with Gasteiger partial charge < -0.3 is 5.11 Å². The predicted molar refractivity (Wildman–Crippen MR) is 101 cm³/mol. The van der Waals surface area contributed by atoms with E-state index >= 15 is 0 Å². The van der Waals surface area contributed by atoms with Crippen LogP contribution < -0.4 is 0 Å². The summed E-state index contributed by atoms with van der Waals surface area (Å²) in [4.78, 5) is 0. The molecular formula is C19H13FN4OS. The maximum Gasteiger partial charge on any atom is 0.216 e. The number of hydrogen-bond acceptors (Lipinski definition) is 4. The van der Waals surface area contributed by atoms with E-state index in [-0.39, 0.29) is 11.6 Å². The van der Waals surface area contributed by atoms with Gasteiger partial charge in [0.25, 0.3) is 0 Å². The smallest absolute Gasteiger partial charge is 0.216 e. The first kappa shape index (κ1) is 16.2. The summed E-state index contributed by atoms with van der Waals surface area (Å²) >= 11 is 5.24. The molecule has 4 aromatic rings. The molecule has 2 N–H and O–H groups in total. The van der Waals surface area contributed by atoms with E-state index in [1.165, 1.54) is 23.0 Å². The summed E-state index contributed by atoms with van der Waals surface area (Å²) in [6.07, 6.45) is 1.54. The molecular weight excluding hydrogens is 351 g/mol. The summed E-state index contributed by atoms with van der Waals surface area (Å²) in [7, 11) is 0. The predicted octanol–water partition coefficient (Wildman–Crippen LogP) is 4.49. The Kier molecular flexibility index (Phi) is 4.06. The Bertz CT molecular complexity index is 1180. The molecule has 0 amide bonds. The van der Waals surface area contributed by atoms with Gasteiger partial charge in [0.2, 0.25) is 4.77 Å². The van der Waals surface area contributed by atoms with Crippen LogP contribution in [-0.4, -0.2) is 26.2 Å². The molecule has 0 aliphatic heterocycles. The van der Waals surface area contributed by atoms with Gasteiger partial charge in [-0.05, 0) is 53.3 Å². The van der Waals surface area contributed by atoms with Crippen molar-refractivity contribution in [2.75, 3.05) is 0 Å². The fourth-order valence-electron chi connectivity index (χ4n) is 2.72. The molecule has 0 bridgehead atoms. The van der Waals surface area contributed by atoms with Gasteiger partial charge in [-0.2, -0.15) is 14.9 Å². The van der Waals surface area contributed by atoms with Crippen LogP contribution in [0.3, 0.4) is 0 Å². The molecule has 3 aromatic carbocycles. The first-order chi connectivity index (χ1) is 12.6. The van der Waals surface area contributed by atoms with Gasteiger partial charge in [-0.1, -0.05) is 30.3 Å². The molecule has 0 saturated heterocycles. The Morgan fingerprint density at radius 3 is 2.65 bits per heavy atom. The van der Waals surface area contributed by atoms with E-state index in [4.69, 9.17) is 12.2 Å². The average molecular weight is 364 g/mol. The second-order valence-corrected chi connectivity index (χ2v) is 6.02. The summed E-state index contributed by atoms with van der Waals surface area (Å²) in [6, 6.07) is 17.0. The molecule has 0 aliphatic rings. The molecule has 0 fully saturated rings. The summed E-state index contributed by atoms with van der Waals surface area (Å²) in [5, 5.41) is 23.3. The highest BCUT2D eigenvalue weighted by molar-refractivity contribution is 7.71. The Morgan fingerprint density at radius 2 is 1.85 bits per heavy atom. The molecule has 0 spiro atoms. The Hall–Kier alpha value is -3.32. The molecule has 0 radical (unpaired) electrons. The number of phenols is 1. The summed E-state index contributed by atoms with van der Waals surface area (Å²) in [6.45, 7) is 0. The van der Waals surface area contributed by atoms with Crippen molar-refractivity contribution in [2.24, 2.45) is 5.10 Å². The second-order valence-electron chi connectivity index (χ2n) is 5.64. The monoisotopic (exact) mass is 364 g/mol. The zero-order valence-corrected chi connectivity index (χ0v) is 14.2. The fourth-order valence-corrected chi connectivity index (χ4v) is 2.90. The minimum Gasteiger partial charge on any atom is -0.507 e. The number of benzene rings is 3. The lowest BCUT2D eigenvalue weighted by atomic mass is 10.0. The highest BCUT2D eigenvalue weighted by Gasteiger charge is 2.09.